The molecule has 0 aliphatic heterocycles. The van der Waals surface area contributed by atoms with Crippen molar-refractivity contribution in [1.82, 2.24) is 5.43 Å². The first-order chi connectivity index (χ1) is 12.1. The van der Waals surface area contributed by atoms with Crippen LogP contribution < -0.4 is 15.5 Å². The Morgan fingerprint density at radius 2 is 1.84 bits per heavy atom. The number of hydrogen-bond acceptors (Lipinski definition) is 4. The highest BCUT2D eigenvalue weighted by Gasteiger charge is 2.09. The summed E-state index contributed by atoms with van der Waals surface area (Å²) in [6, 6.07) is 12.5. The molecule has 0 saturated heterocycles. The number of carbonyl (C=O) groups excluding carboxylic acids is 2. The number of nitrogens with zero attached hydrogens (tertiary/aromatic N) is 1. The van der Waals surface area contributed by atoms with Crippen molar-refractivity contribution in [3.8, 4) is 5.75 Å². The molecule has 2 aromatic carbocycles. The second-order valence-corrected chi connectivity index (χ2v) is 5.00. The van der Waals surface area contributed by atoms with E-state index in [1.165, 1.54) is 30.5 Å². The number of ether oxygens (including phenoxy) is 1. The van der Waals surface area contributed by atoms with E-state index in [9.17, 15) is 14.0 Å². The fourth-order valence-electron chi connectivity index (χ4n) is 1.97. The molecule has 130 valence electrons. The van der Waals surface area contributed by atoms with Crippen molar-refractivity contribution in [1.29, 1.82) is 0 Å². The second-order valence-electron chi connectivity index (χ2n) is 5.00. The quantitative estimate of drug-likeness (QED) is 0.461. The Kier molecular flexibility index (Phi) is 6.65. The number of hydrazone groups is 1. The zero-order chi connectivity index (χ0) is 18.1. The largest absolute Gasteiger partial charge is 0.493 e. The third-order valence-corrected chi connectivity index (χ3v) is 3.06. The Hall–Kier alpha value is -3.22. The van der Waals surface area contributed by atoms with Crippen LogP contribution in [0.15, 0.2) is 53.6 Å². The maximum atomic E-state index is 12.8. The minimum absolute atomic E-state index is 0.401. The molecule has 0 aromatic heterocycles. The molecule has 0 heterocycles. The van der Waals surface area contributed by atoms with Gasteiger partial charge in [0, 0.05) is 11.3 Å². The molecule has 2 rings (SSSR count). The van der Waals surface area contributed by atoms with Crippen LogP contribution in [-0.4, -0.2) is 24.6 Å². The van der Waals surface area contributed by atoms with E-state index in [1.807, 2.05) is 19.1 Å². The van der Waals surface area contributed by atoms with Crippen molar-refractivity contribution in [2.45, 2.75) is 13.3 Å². The van der Waals surface area contributed by atoms with Gasteiger partial charge in [0.25, 0.3) is 0 Å². The van der Waals surface area contributed by atoms with E-state index in [4.69, 9.17) is 4.74 Å². The fraction of sp³-hybridized carbons (Fsp3) is 0.167. The molecule has 6 nitrogen and oxygen atoms in total. The summed E-state index contributed by atoms with van der Waals surface area (Å²) in [6.07, 6.45) is 1.04. The van der Waals surface area contributed by atoms with Crippen LogP contribution in [-0.2, 0) is 9.59 Å². The Bertz CT molecular complexity index is 760. The predicted octanol–water partition coefficient (Wildman–Crippen LogP) is 2.70. The van der Waals surface area contributed by atoms with Gasteiger partial charge in [-0.15, -0.1) is 0 Å². The SMILES string of the molecule is CCOc1ccccc1C=NNC(=O)CC(=O)Nc1ccc(F)cc1. The van der Waals surface area contributed by atoms with Gasteiger partial charge in [0.15, 0.2) is 0 Å². The highest BCUT2D eigenvalue weighted by molar-refractivity contribution is 6.03. The van der Waals surface area contributed by atoms with Gasteiger partial charge in [-0.25, -0.2) is 9.82 Å². The highest BCUT2D eigenvalue weighted by atomic mass is 19.1. The third kappa shape index (κ3) is 6.06. The molecule has 0 saturated carbocycles. The molecule has 7 heteroatoms. The number of carbonyl (C=O) groups is 2. The number of nitrogens with one attached hydrogen (secondary N) is 2. The molecule has 25 heavy (non-hydrogen) atoms. The van der Waals surface area contributed by atoms with Gasteiger partial charge in [-0.2, -0.15) is 5.10 Å². The first-order valence-electron chi connectivity index (χ1n) is 7.67. The number of halogens is 1. The highest BCUT2D eigenvalue weighted by Crippen LogP contribution is 2.15. The summed E-state index contributed by atoms with van der Waals surface area (Å²) in [5.74, 6) is -0.840. The van der Waals surface area contributed by atoms with Gasteiger partial charge < -0.3 is 10.1 Å². The van der Waals surface area contributed by atoms with E-state index in [0.717, 1.165) is 0 Å². The zero-order valence-electron chi connectivity index (χ0n) is 13.7. The first-order valence-corrected chi connectivity index (χ1v) is 7.67. The molecule has 2 N–H and O–H groups in total. The molecule has 0 radical (unpaired) electrons. The number of anilines is 1. The molecule has 0 fully saturated rings. The first kappa shape index (κ1) is 18.1. The van der Waals surface area contributed by atoms with E-state index >= 15 is 0 Å². The van der Waals surface area contributed by atoms with Crippen LogP contribution in [0.3, 0.4) is 0 Å². The summed E-state index contributed by atoms with van der Waals surface area (Å²) in [6.45, 7) is 2.39. The topological polar surface area (TPSA) is 79.8 Å². The molecule has 2 amide bonds. The van der Waals surface area contributed by atoms with Gasteiger partial charge in [0.2, 0.25) is 11.8 Å². The van der Waals surface area contributed by atoms with E-state index in [1.54, 1.807) is 12.1 Å². The average molecular weight is 343 g/mol. The average Bonchev–Trinajstić information content (AvgIpc) is 2.58. The number of benzene rings is 2. The molecule has 0 atom stereocenters. The molecule has 0 unspecified atom stereocenters. The van der Waals surface area contributed by atoms with Crippen LogP contribution in [0.4, 0.5) is 10.1 Å². The number of amides is 2. The molecule has 0 spiro atoms. The second kappa shape index (κ2) is 9.17. The normalized spacial score (nSPS) is 10.5. The van der Waals surface area contributed by atoms with Crippen molar-refractivity contribution in [2.75, 3.05) is 11.9 Å². The Morgan fingerprint density at radius 3 is 2.56 bits per heavy atom. The molecular weight excluding hydrogens is 325 g/mol. The van der Waals surface area contributed by atoms with Crippen molar-refractivity contribution < 1.29 is 18.7 Å². The Morgan fingerprint density at radius 1 is 1.12 bits per heavy atom. The minimum Gasteiger partial charge on any atom is -0.493 e. The lowest BCUT2D eigenvalue weighted by atomic mass is 10.2. The smallest absolute Gasteiger partial charge is 0.249 e. The Balaban J connectivity index is 1.84. The fourth-order valence-corrected chi connectivity index (χ4v) is 1.97. The lowest BCUT2D eigenvalue weighted by molar-refractivity contribution is -0.126. The van der Waals surface area contributed by atoms with E-state index < -0.39 is 24.1 Å². The molecular formula is C18H18FN3O3. The van der Waals surface area contributed by atoms with Crippen LogP contribution in [0.5, 0.6) is 5.75 Å². The van der Waals surface area contributed by atoms with Gasteiger partial charge in [-0.1, -0.05) is 12.1 Å². The predicted molar refractivity (Wildman–Crippen MR) is 93.0 cm³/mol. The van der Waals surface area contributed by atoms with Crippen LogP contribution in [0.1, 0.15) is 18.9 Å². The summed E-state index contributed by atoms with van der Waals surface area (Å²) >= 11 is 0. The maximum Gasteiger partial charge on any atom is 0.249 e. The van der Waals surface area contributed by atoms with Crippen molar-refractivity contribution in [3.63, 3.8) is 0 Å². The van der Waals surface area contributed by atoms with Crippen molar-refractivity contribution in [3.05, 3.63) is 59.9 Å². The third-order valence-electron chi connectivity index (χ3n) is 3.06. The standard InChI is InChI=1S/C18H18FN3O3/c1-2-25-16-6-4-3-5-13(16)12-20-22-18(24)11-17(23)21-15-9-7-14(19)8-10-15/h3-10,12H,2,11H2,1H3,(H,21,23)(H,22,24). The van der Waals surface area contributed by atoms with E-state index in [2.05, 4.69) is 15.8 Å². The lowest BCUT2D eigenvalue weighted by Gasteiger charge is -2.06. The van der Waals surface area contributed by atoms with Crippen LogP contribution in [0.25, 0.3) is 0 Å². The molecule has 0 aliphatic carbocycles. The van der Waals surface area contributed by atoms with Gasteiger partial charge in [0.1, 0.15) is 18.0 Å². The van der Waals surface area contributed by atoms with Gasteiger partial charge >= 0.3 is 0 Å². The van der Waals surface area contributed by atoms with Crippen LogP contribution >= 0.6 is 0 Å². The van der Waals surface area contributed by atoms with Crippen LogP contribution in [0.2, 0.25) is 0 Å². The van der Waals surface area contributed by atoms with E-state index in [0.29, 0.717) is 23.6 Å². The molecule has 2 aromatic rings. The zero-order valence-corrected chi connectivity index (χ0v) is 13.7. The van der Waals surface area contributed by atoms with Gasteiger partial charge in [-0.3, -0.25) is 9.59 Å². The number of rotatable bonds is 7. The van der Waals surface area contributed by atoms with Crippen LogP contribution in [0, 0.1) is 5.82 Å². The summed E-state index contributed by atoms with van der Waals surface area (Å²) in [5.41, 5.74) is 3.40. The summed E-state index contributed by atoms with van der Waals surface area (Å²) < 4.78 is 18.2. The number of para-hydroxylation sites is 1. The minimum atomic E-state index is -0.565. The number of hydrogen-bond donors (Lipinski definition) is 2. The summed E-state index contributed by atoms with van der Waals surface area (Å²) in [5, 5.41) is 6.32. The van der Waals surface area contributed by atoms with E-state index in [-0.39, 0.29) is 0 Å². The molecule has 0 aliphatic rings. The Labute approximate surface area is 144 Å². The maximum absolute atomic E-state index is 12.8. The van der Waals surface area contributed by atoms with Gasteiger partial charge in [0.05, 0.1) is 12.8 Å². The van der Waals surface area contributed by atoms with Crippen molar-refractivity contribution >= 4 is 23.7 Å². The molecule has 0 bridgehead atoms. The summed E-state index contributed by atoms with van der Waals surface area (Å²) in [4.78, 5) is 23.5. The van der Waals surface area contributed by atoms with Crippen molar-refractivity contribution in [2.24, 2.45) is 5.10 Å². The monoisotopic (exact) mass is 343 g/mol. The van der Waals surface area contributed by atoms with Gasteiger partial charge in [-0.05, 0) is 43.3 Å². The lowest BCUT2D eigenvalue weighted by Crippen LogP contribution is -2.24. The summed E-state index contributed by atoms with van der Waals surface area (Å²) in [7, 11) is 0.